The zero-order valence-electron chi connectivity index (χ0n) is 7.40. The van der Waals surface area contributed by atoms with Gasteiger partial charge < -0.3 is 5.11 Å². The van der Waals surface area contributed by atoms with E-state index in [9.17, 15) is 17.6 Å². The standard InChI is InChI=1S/C10H6F4O/c11-8-4-3-7(2-1-5-15)9(6-8)10(12,13)14/h3-4,6,15H,5H2. The fourth-order valence-corrected chi connectivity index (χ4v) is 0.995. The molecule has 0 aliphatic heterocycles. The maximum Gasteiger partial charge on any atom is 0.417 e. The predicted octanol–water partition coefficient (Wildman–Crippen LogP) is 2.19. The van der Waals surface area contributed by atoms with Crippen molar-refractivity contribution in [2.24, 2.45) is 0 Å². The second-order valence-electron chi connectivity index (χ2n) is 2.65. The van der Waals surface area contributed by atoms with Gasteiger partial charge in [-0.2, -0.15) is 13.2 Å². The van der Waals surface area contributed by atoms with Crippen LogP contribution in [0.5, 0.6) is 0 Å². The van der Waals surface area contributed by atoms with Crippen LogP contribution in [0.25, 0.3) is 0 Å². The quantitative estimate of drug-likeness (QED) is 0.522. The lowest BCUT2D eigenvalue weighted by molar-refractivity contribution is -0.137. The van der Waals surface area contributed by atoms with E-state index in [1.165, 1.54) is 0 Å². The molecule has 1 N–H and O–H groups in total. The van der Waals surface area contributed by atoms with Crippen LogP contribution in [-0.2, 0) is 6.18 Å². The van der Waals surface area contributed by atoms with Gasteiger partial charge in [-0.25, -0.2) is 4.39 Å². The van der Waals surface area contributed by atoms with Gasteiger partial charge in [0, 0.05) is 5.56 Å². The molecule has 0 radical (unpaired) electrons. The first-order valence-corrected chi connectivity index (χ1v) is 3.91. The van der Waals surface area contributed by atoms with Crippen molar-refractivity contribution in [1.29, 1.82) is 0 Å². The molecule has 1 aromatic rings. The molecule has 0 aliphatic carbocycles. The average Bonchev–Trinajstić information content (AvgIpc) is 2.14. The monoisotopic (exact) mass is 218 g/mol. The number of alkyl halides is 3. The minimum absolute atomic E-state index is 0.349. The highest BCUT2D eigenvalue weighted by molar-refractivity contribution is 5.43. The Labute approximate surface area is 83.3 Å². The Morgan fingerprint density at radius 3 is 2.47 bits per heavy atom. The molecule has 1 aromatic carbocycles. The Morgan fingerprint density at radius 1 is 1.27 bits per heavy atom. The van der Waals surface area contributed by atoms with Crippen molar-refractivity contribution >= 4 is 0 Å². The van der Waals surface area contributed by atoms with Gasteiger partial charge in [-0.05, 0) is 18.2 Å². The SMILES string of the molecule is OCC#Cc1ccc(F)cc1C(F)(F)F. The maximum atomic E-state index is 12.6. The number of rotatable bonds is 0. The summed E-state index contributed by atoms with van der Waals surface area (Å²) >= 11 is 0. The molecule has 80 valence electrons. The Hall–Kier alpha value is -1.54. The average molecular weight is 218 g/mol. The minimum atomic E-state index is -4.65. The van der Waals surface area contributed by atoms with Gasteiger partial charge >= 0.3 is 6.18 Å². The first-order valence-electron chi connectivity index (χ1n) is 3.91. The number of aliphatic hydroxyl groups excluding tert-OH is 1. The van der Waals surface area contributed by atoms with Gasteiger partial charge in [-0.15, -0.1) is 0 Å². The fourth-order valence-electron chi connectivity index (χ4n) is 0.995. The van der Waals surface area contributed by atoms with Crippen LogP contribution in [0.2, 0.25) is 0 Å². The molecule has 0 atom stereocenters. The summed E-state index contributed by atoms with van der Waals surface area (Å²) in [7, 11) is 0. The lowest BCUT2D eigenvalue weighted by Crippen LogP contribution is -2.08. The third-order valence-electron chi connectivity index (χ3n) is 1.59. The number of benzene rings is 1. The molecule has 15 heavy (non-hydrogen) atoms. The van der Waals surface area contributed by atoms with Gasteiger partial charge in [0.1, 0.15) is 12.4 Å². The fraction of sp³-hybridized carbons (Fsp3) is 0.200. The normalized spacial score (nSPS) is 10.7. The van der Waals surface area contributed by atoms with Gasteiger partial charge in [0.2, 0.25) is 0 Å². The van der Waals surface area contributed by atoms with Crippen molar-refractivity contribution in [2.75, 3.05) is 6.61 Å². The van der Waals surface area contributed by atoms with E-state index in [1.807, 2.05) is 0 Å². The van der Waals surface area contributed by atoms with Crippen LogP contribution in [0.15, 0.2) is 18.2 Å². The molecule has 0 saturated heterocycles. The summed E-state index contributed by atoms with van der Waals surface area (Å²) in [6.07, 6.45) is -4.65. The number of halogens is 4. The summed E-state index contributed by atoms with van der Waals surface area (Å²) in [6, 6.07) is 2.19. The largest absolute Gasteiger partial charge is 0.417 e. The summed E-state index contributed by atoms with van der Waals surface area (Å²) < 4.78 is 49.7. The molecular weight excluding hydrogens is 212 g/mol. The van der Waals surface area contributed by atoms with Crippen LogP contribution in [0.3, 0.4) is 0 Å². The molecule has 0 fully saturated rings. The smallest absolute Gasteiger partial charge is 0.384 e. The van der Waals surface area contributed by atoms with E-state index in [-0.39, 0.29) is 5.56 Å². The maximum absolute atomic E-state index is 12.6. The van der Waals surface area contributed by atoms with Crippen LogP contribution >= 0.6 is 0 Å². The molecule has 0 saturated carbocycles. The molecule has 0 spiro atoms. The Bertz CT molecular complexity index is 412. The zero-order valence-corrected chi connectivity index (χ0v) is 7.40. The molecule has 0 amide bonds. The highest BCUT2D eigenvalue weighted by atomic mass is 19.4. The van der Waals surface area contributed by atoms with Crippen molar-refractivity contribution in [3.63, 3.8) is 0 Å². The van der Waals surface area contributed by atoms with E-state index in [4.69, 9.17) is 5.11 Å². The summed E-state index contributed by atoms with van der Waals surface area (Å²) in [5, 5.41) is 8.35. The predicted molar refractivity (Wildman–Crippen MR) is 45.4 cm³/mol. The molecule has 0 bridgehead atoms. The first kappa shape index (κ1) is 11.5. The van der Waals surface area contributed by atoms with E-state index in [0.29, 0.717) is 6.07 Å². The summed E-state index contributed by atoms with van der Waals surface area (Å²) in [6.45, 7) is -0.547. The minimum Gasteiger partial charge on any atom is -0.384 e. The van der Waals surface area contributed by atoms with Crippen LogP contribution in [0.1, 0.15) is 11.1 Å². The molecule has 0 aromatic heterocycles. The first-order chi connectivity index (χ1) is 6.95. The molecule has 0 aliphatic rings. The molecule has 0 unspecified atom stereocenters. The Morgan fingerprint density at radius 2 is 1.93 bits per heavy atom. The highest BCUT2D eigenvalue weighted by Crippen LogP contribution is 2.32. The van der Waals surface area contributed by atoms with Gasteiger partial charge in [0.25, 0.3) is 0 Å². The molecule has 5 heteroatoms. The summed E-state index contributed by atoms with van der Waals surface area (Å²) in [4.78, 5) is 0. The van der Waals surface area contributed by atoms with Crippen molar-refractivity contribution in [3.05, 3.63) is 35.1 Å². The van der Waals surface area contributed by atoms with E-state index in [2.05, 4.69) is 11.8 Å². The Kier molecular flexibility index (Phi) is 3.32. The van der Waals surface area contributed by atoms with Gasteiger partial charge in [-0.1, -0.05) is 11.8 Å². The van der Waals surface area contributed by atoms with Crippen molar-refractivity contribution in [1.82, 2.24) is 0 Å². The number of aliphatic hydroxyl groups is 1. The lowest BCUT2D eigenvalue weighted by atomic mass is 10.1. The van der Waals surface area contributed by atoms with E-state index in [0.717, 1.165) is 12.1 Å². The molecule has 1 nitrogen and oxygen atoms in total. The van der Waals surface area contributed by atoms with Crippen molar-refractivity contribution < 1.29 is 22.7 Å². The third-order valence-corrected chi connectivity index (χ3v) is 1.59. The van der Waals surface area contributed by atoms with Crippen LogP contribution in [-0.4, -0.2) is 11.7 Å². The van der Waals surface area contributed by atoms with Crippen LogP contribution in [0, 0.1) is 17.7 Å². The van der Waals surface area contributed by atoms with E-state index < -0.39 is 24.2 Å². The van der Waals surface area contributed by atoms with Crippen LogP contribution < -0.4 is 0 Å². The highest BCUT2D eigenvalue weighted by Gasteiger charge is 2.33. The van der Waals surface area contributed by atoms with Gasteiger partial charge in [0.05, 0.1) is 5.56 Å². The van der Waals surface area contributed by atoms with Crippen molar-refractivity contribution in [2.45, 2.75) is 6.18 Å². The molecule has 1 rings (SSSR count). The zero-order chi connectivity index (χ0) is 11.5. The lowest BCUT2D eigenvalue weighted by Gasteiger charge is -2.08. The van der Waals surface area contributed by atoms with E-state index in [1.54, 1.807) is 0 Å². The molecule has 0 heterocycles. The Balaban J connectivity index is 3.27. The number of hydrogen-bond acceptors (Lipinski definition) is 1. The third kappa shape index (κ3) is 2.96. The van der Waals surface area contributed by atoms with Gasteiger partial charge in [0.15, 0.2) is 0 Å². The number of hydrogen-bond donors (Lipinski definition) is 1. The van der Waals surface area contributed by atoms with Gasteiger partial charge in [-0.3, -0.25) is 0 Å². The molecular formula is C10H6F4O. The van der Waals surface area contributed by atoms with Crippen LogP contribution in [0.4, 0.5) is 17.6 Å². The summed E-state index contributed by atoms with van der Waals surface area (Å²) in [5.74, 6) is 3.21. The summed E-state index contributed by atoms with van der Waals surface area (Å²) in [5.41, 5.74) is -1.48. The second kappa shape index (κ2) is 4.32. The second-order valence-corrected chi connectivity index (χ2v) is 2.65. The van der Waals surface area contributed by atoms with E-state index >= 15 is 0 Å². The van der Waals surface area contributed by atoms with Crippen molar-refractivity contribution in [3.8, 4) is 11.8 Å². The topological polar surface area (TPSA) is 20.2 Å².